The molecule has 0 spiro atoms. The van der Waals surface area contributed by atoms with Crippen molar-refractivity contribution in [3.63, 3.8) is 0 Å². The van der Waals surface area contributed by atoms with Crippen LogP contribution < -0.4 is 5.32 Å². The Balaban J connectivity index is 1.24. The number of amides is 1. The maximum atomic E-state index is 12.2. The number of ether oxygens (including phenoxy) is 2. The highest BCUT2D eigenvalue weighted by molar-refractivity contribution is 5.79. The summed E-state index contributed by atoms with van der Waals surface area (Å²) in [6.45, 7) is 2.61. The fourth-order valence-corrected chi connectivity index (χ4v) is 4.45. The summed E-state index contributed by atoms with van der Waals surface area (Å²) in [5, 5.41) is 11.1. The lowest BCUT2D eigenvalue weighted by atomic mass is 9.39. The van der Waals surface area contributed by atoms with Crippen LogP contribution in [0.25, 0.3) is 0 Å². The monoisotopic (exact) mass is 389 g/mol. The van der Waals surface area contributed by atoms with Gasteiger partial charge in [0, 0.05) is 18.1 Å². The van der Waals surface area contributed by atoms with Gasteiger partial charge in [-0.25, -0.2) is 0 Å². The summed E-state index contributed by atoms with van der Waals surface area (Å²) in [5.41, 5.74) is -0.405. The molecule has 1 aromatic rings. The number of halogens is 3. The van der Waals surface area contributed by atoms with E-state index in [0.717, 1.165) is 25.7 Å². The molecule has 0 radical (unpaired) electrons. The molecule has 4 aliphatic carbocycles. The molecular formula is C17H22F3N3O4. The van der Waals surface area contributed by atoms with E-state index in [1.807, 2.05) is 6.92 Å². The summed E-state index contributed by atoms with van der Waals surface area (Å²) in [6.07, 6.45) is -1.90. The molecule has 0 aliphatic heterocycles. The van der Waals surface area contributed by atoms with Gasteiger partial charge in [0.15, 0.2) is 0 Å². The average Bonchev–Trinajstić information content (AvgIpc) is 2.93. The number of nitrogens with zero attached hydrogens (tertiary/aromatic N) is 2. The van der Waals surface area contributed by atoms with Crippen molar-refractivity contribution in [2.75, 3.05) is 13.2 Å². The second-order valence-corrected chi connectivity index (χ2v) is 7.99. The number of hydrogen-bond acceptors (Lipinski definition) is 6. The molecule has 1 heterocycles. The van der Waals surface area contributed by atoms with Crippen molar-refractivity contribution in [3.8, 4) is 0 Å². The molecule has 0 saturated heterocycles. The largest absolute Gasteiger partial charge is 0.522 e. The Morgan fingerprint density at radius 2 is 2.00 bits per heavy atom. The molecule has 0 atom stereocenters. The van der Waals surface area contributed by atoms with E-state index in [0.29, 0.717) is 18.4 Å². The Bertz CT molecular complexity index is 695. The minimum absolute atomic E-state index is 0.0656. The normalized spacial score (nSPS) is 34.4. The molecule has 0 aromatic carbocycles. The van der Waals surface area contributed by atoms with Crippen LogP contribution in [0.5, 0.6) is 0 Å². The molecule has 10 heteroatoms. The molecule has 4 saturated carbocycles. The Hall–Kier alpha value is -1.68. The fourth-order valence-electron chi connectivity index (χ4n) is 4.45. The van der Waals surface area contributed by atoms with E-state index in [-0.39, 0.29) is 42.2 Å². The SMILES string of the molecule is CCCOCC(=O)NC12CC(c3nnc(C4CC(OC(F)(F)F)C4)o3)(C1)C2. The maximum absolute atomic E-state index is 12.2. The van der Waals surface area contributed by atoms with Crippen molar-refractivity contribution < 1.29 is 31.9 Å². The zero-order valence-corrected chi connectivity index (χ0v) is 15.0. The standard InChI is InChI=1S/C17H22F3N3O4/c1-2-3-25-6-12(24)21-16-7-15(8-16,9-16)14-23-22-13(26-14)10-4-11(5-10)27-17(18,19)20/h10-11H,2-9H2,1H3,(H,21,24). The molecule has 2 bridgehead atoms. The van der Waals surface area contributed by atoms with E-state index in [9.17, 15) is 18.0 Å². The predicted octanol–water partition coefficient (Wildman–Crippen LogP) is 2.57. The van der Waals surface area contributed by atoms with Crippen molar-refractivity contribution in [2.24, 2.45) is 0 Å². The van der Waals surface area contributed by atoms with Gasteiger partial charge in [0.1, 0.15) is 6.61 Å². The molecule has 5 rings (SSSR count). The first kappa shape index (κ1) is 18.7. The highest BCUT2D eigenvalue weighted by atomic mass is 19.4. The molecule has 1 amide bonds. The summed E-state index contributed by atoms with van der Waals surface area (Å²) < 4.78 is 51.5. The molecule has 4 fully saturated rings. The number of aromatic nitrogens is 2. The first-order valence-corrected chi connectivity index (χ1v) is 9.20. The third-order valence-corrected chi connectivity index (χ3v) is 5.66. The molecule has 4 aliphatic rings. The zero-order valence-electron chi connectivity index (χ0n) is 15.0. The second-order valence-electron chi connectivity index (χ2n) is 7.99. The topological polar surface area (TPSA) is 86.5 Å². The van der Waals surface area contributed by atoms with E-state index in [1.54, 1.807) is 0 Å². The lowest BCUT2D eigenvalue weighted by Gasteiger charge is -2.68. The van der Waals surface area contributed by atoms with Crippen LogP contribution in [0.4, 0.5) is 13.2 Å². The highest BCUT2D eigenvalue weighted by Gasteiger charge is 2.71. The molecule has 1 aromatic heterocycles. The summed E-state index contributed by atoms with van der Waals surface area (Å²) in [4.78, 5) is 11.9. The summed E-state index contributed by atoms with van der Waals surface area (Å²) >= 11 is 0. The first-order chi connectivity index (χ1) is 12.7. The van der Waals surface area contributed by atoms with Gasteiger partial charge in [-0.3, -0.25) is 9.53 Å². The maximum Gasteiger partial charge on any atom is 0.522 e. The summed E-state index contributed by atoms with van der Waals surface area (Å²) in [6, 6.07) is 0. The van der Waals surface area contributed by atoms with Crippen LogP contribution in [0.1, 0.15) is 63.1 Å². The van der Waals surface area contributed by atoms with Crippen LogP contribution in [0.2, 0.25) is 0 Å². The van der Waals surface area contributed by atoms with Crippen molar-refractivity contribution in [3.05, 3.63) is 11.8 Å². The van der Waals surface area contributed by atoms with Gasteiger partial charge in [0.2, 0.25) is 17.7 Å². The molecular weight excluding hydrogens is 367 g/mol. The third-order valence-electron chi connectivity index (χ3n) is 5.66. The molecule has 27 heavy (non-hydrogen) atoms. The van der Waals surface area contributed by atoms with Crippen LogP contribution in [0, 0.1) is 0 Å². The lowest BCUT2D eigenvalue weighted by molar-refractivity contribution is -0.352. The van der Waals surface area contributed by atoms with Crippen molar-refractivity contribution >= 4 is 5.91 Å². The minimum atomic E-state index is -4.61. The predicted molar refractivity (Wildman–Crippen MR) is 84.7 cm³/mol. The first-order valence-electron chi connectivity index (χ1n) is 9.20. The van der Waals surface area contributed by atoms with Crippen LogP contribution >= 0.6 is 0 Å². The van der Waals surface area contributed by atoms with E-state index < -0.39 is 12.5 Å². The van der Waals surface area contributed by atoms with E-state index >= 15 is 0 Å². The van der Waals surface area contributed by atoms with Crippen LogP contribution in [0.15, 0.2) is 4.42 Å². The molecule has 150 valence electrons. The van der Waals surface area contributed by atoms with Crippen molar-refractivity contribution in [2.45, 2.75) is 74.8 Å². The minimum Gasteiger partial charge on any atom is -0.424 e. The summed E-state index contributed by atoms with van der Waals surface area (Å²) in [5.74, 6) is 0.599. The highest BCUT2D eigenvalue weighted by Crippen LogP contribution is 2.67. The number of alkyl halides is 3. The zero-order chi connectivity index (χ0) is 19.3. The van der Waals surface area contributed by atoms with Crippen LogP contribution in [0.3, 0.4) is 0 Å². The van der Waals surface area contributed by atoms with Crippen LogP contribution in [-0.4, -0.2) is 47.3 Å². The number of carbonyl (C=O) groups is 1. The van der Waals surface area contributed by atoms with Gasteiger partial charge in [0.05, 0.1) is 11.5 Å². The number of hydrogen-bond donors (Lipinski definition) is 1. The van der Waals surface area contributed by atoms with Crippen molar-refractivity contribution in [1.82, 2.24) is 15.5 Å². The fraction of sp³-hybridized carbons (Fsp3) is 0.824. The number of rotatable bonds is 8. The van der Waals surface area contributed by atoms with E-state index in [4.69, 9.17) is 9.15 Å². The van der Waals surface area contributed by atoms with Crippen molar-refractivity contribution in [1.29, 1.82) is 0 Å². The van der Waals surface area contributed by atoms with E-state index in [2.05, 4.69) is 20.3 Å². The van der Waals surface area contributed by atoms with Gasteiger partial charge in [-0.05, 0) is 38.5 Å². The Morgan fingerprint density at radius 3 is 2.63 bits per heavy atom. The Morgan fingerprint density at radius 1 is 1.30 bits per heavy atom. The van der Waals surface area contributed by atoms with Crippen LogP contribution in [-0.2, 0) is 19.7 Å². The van der Waals surface area contributed by atoms with Gasteiger partial charge in [0.25, 0.3) is 0 Å². The Labute approximate surface area is 154 Å². The molecule has 7 nitrogen and oxygen atoms in total. The van der Waals surface area contributed by atoms with E-state index in [1.165, 1.54) is 0 Å². The number of carbonyl (C=O) groups excluding carboxylic acids is 1. The lowest BCUT2D eigenvalue weighted by Crippen LogP contribution is -2.77. The molecule has 1 N–H and O–H groups in total. The third kappa shape index (κ3) is 3.56. The van der Waals surface area contributed by atoms with Gasteiger partial charge in [-0.1, -0.05) is 6.92 Å². The Kier molecular flexibility index (Phi) is 4.45. The van der Waals surface area contributed by atoms with Gasteiger partial charge in [-0.15, -0.1) is 23.4 Å². The van der Waals surface area contributed by atoms with Gasteiger partial charge in [-0.2, -0.15) is 0 Å². The average molecular weight is 389 g/mol. The smallest absolute Gasteiger partial charge is 0.424 e. The molecule has 0 unspecified atom stereocenters. The second kappa shape index (κ2) is 6.44. The number of nitrogens with one attached hydrogen (secondary N) is 1. The summed E-state index contributed by atoms with van der Waals surface area (Å²) in [7, 11) is 0. The van der Waals surface area contributed by atoms with Gasteiger partial charge >= 0.3 is 6.36 Å². The quantitative estimate of drug-likeness (QED) is 0.688. The van der Waals surface area contributed by atoms with Gasteiger partial charge < -0.3 is 14.5 Å².